The van der Waals surface area contributed by atoms with Crippen LogP contribution in [0.3, 0.4) is 0 Å². The molecule has 1 N–H and O–H groups in total. The maximum absolute atomic E-state index is 10.8. The molecule has 0 aliphatic rings. The fraction of sp³-hybridized carbons (Fsp3) is 0.591. The van der Waals surface area contributed by atoms with Gasteiger partial charge in [-0.05, 0) is 46.1 Å². The van der Waals surface area contributed by atoms with E-state index in [9.17, 15) is 5.11 Å². The summed E-state index contributed by atoms with van der Waals surface area (Å²) in [6.45, 7) is 17.1. The van der Waals surface area contributed by atoms with Gasteiger partial charge in [-0.15, -0.1) is 0 Å². The molecule has 0 amide bonds. The number of hydrogen-bond acceptors (Lipinski definition) is 1. The molecule has 4 heteroatoms. The lowest BCUT2D eigenvalue weighted by Crippen LogP contribution is -3.00. The minimum absolute atomic E-state index is 0. The minimum Gasteiger partial charge on any atom is -1.00 e. The summed E-state index contributed by atoms with van der Waals surface area (Å²) >= 11 is 0. The van der Waals surface area contributed by atoms with E-state index in [0.29, 0.717) is 5.75 Å². The zero-order valence-electron chi connectivity index (χ0n) is 17.4. The number of halogens is 1. The summed E-state index contributed by atoms with van der Waals surface area (Å²) in [5.74, 6) is 0.453. The van der Waals surface area contributed by atoms with E-state index in [1.165, 1.54) is 18.4 Å². The quantitative estimate of drug-likeness (QED) is 0.791. The molecule has 26 heavy (non-hydrogen) atoms. The second-order valence-corrected chi connectivity index (χ2v) is 9.22. The van der Waals surface area contributed by atoms with Crippen LogP contribution in [0.25, 0.3) is 0 Å². The molecule has 0 unspecified atom stereocenters. The number of phenolic OH excluding ortho intramolecular Hbond substituents is 1. The van der Waals surface area contributed by atoms with E-state index < -0.39 is 0 Å². The zero-order valence-corrected chi connectivity index (χ0v) is 18.2. The van der Waals surface area contributed by atoms with Gasteiger partial charge in [0.15, 0.2) is 0 Å². The third-order valence-electron chi connectivity index (χ3n) is 4.67. The van der Waals surface area contributed by atoms with Gasteiger partial charge in [-0.2, -0.15) is 0 Å². The van der Waals surface area contributed by atoms with E-state index in [-0.39, 0.29) is 23.2 Å². The van der Waals surface area contributed by atoms with Crippen LogP contribution in [0.5, 0.6) is 5.75 Å². The number of benzene rings is 1. The van der Waals surface area contributed by atoms with Crippen LogP contribution in [0, 0.1) is 0 Å². The number of aryl methyl sites for hydroxylation is 1. The molecule has 0 atom stereocenters. The van der Waals surface area contributed by atoms with E-state index in [1.54, 1.807) is 0 Å². The van der Waals surface area contributed by atoms with Gasteiger partial charge in [0.2, 0.25) is 6.33 Å². The fourth-order valence-electron chi connectivity index (χ4n) is 3.15. The van der Waals surface area contributed by atoms with E-state index in [2.05, 4.69) is 88.5 Å². The lowest BCUT2D eigenvalue weighted by atomic mass is 9.78. The highest BCUT2D eigenvalue weighted by Gasteiger charge is 2.26. The number of phenols is 1. The molecular weight excluding hydrogens is 344 g/mol. The SMILES string of the molecule is CCCCn1cc[n+](Cc2cc(C(C)(C)C)c(O)c(C(C)(C)C)c2)c1.[Cl-]. The number of unbranched alkanes of at least 4 members (excludes halogenated alkanes) is 1. The van der Waals surface area contributed by atoms with Crippen LogP contribution in [-0.2, 0) is 23.9 Å². The van der Waals surface area contributed by atoms with Crippen molar-refractivity contribution in [1.82, 2.24) is 4.57 Å². The van der Waals surface area contributed by atoms with Crippen LogP contribution < -0.4 is 17.0 Å². The summed E-state index contributed by atoms with van der Waals surface area (Å²) in [6, 6.07) is 4.34. The maximum Gasteiger partial charge on any atom is 0.244 e. The molecule has 0 aliphatic heterocycles. The molecule has 0 bridgehead atoms. The van der Waals surface area contributed by atoms with Gasteiger partial charge < -0.3 is 17.5 Å². The molecular formula is C22H35ClN2O. The average Bonchev–Trinajstić information content (AvgIpc) is 2.92. The number of rotatable bonds is 5. The van der Waals surface area contributed by atoms with Gasteiger partial charge >= 0.3 is 0 Å². The Hall–Kier alpha value is -1.48. The summed E-state index contributed by atoms with van der Waals surface area (Å²) in [7, 11) is 0. The molecule has 146 valence electrons. The summed E-state index contributed by atoms with van der Waals surface area (Å²) in [5, 5.41) is 10.8. The monoisotopic (exact) mass is 378 g/mol. The van der Waals surface area contributed by atoms with Crippen LogP contribution in [0.4, 0.5) is 0 Å². The van der Waals surface area contributed by atoms with Crippen LogP contribution >= 0.6 is 0 Å². The van der Waals surface area contributed by atoms with E-state index >= 15 is 0 Å². The fourth-order valence-corrected chi connectivity index (χ4v) is 3.15. The number of imidazole rings is 1. The normalized spacial score (nSPS) is 12.1. The Morgan fingerprint density at radius 1 is 1.00 bits per heavy atom. The molecule has 2 rings (SSSR count). The molecule has 0 radical (unpaired) electrons. The van der Waals surface area contributed by atoms with E-state index in [4.69, 9.17) is 0 Å². The van der Waals surface area contributed by atoms with Gasteiger partial charge in [0, 0.05) is 0 Å². The number of hydrogen-bond donors (Lipinski definition) is 1. The van der Waals surface area contributed by atoms with Gasteiger partial charge in [-0.3, -0.25) is 0 Å². The highest BCUT2D eigenvalue weighted by atomic mass is 35.5. The van der Waals surface area contributed by atoms with Crippen molar-refractivity contribution in [2.24, 2.45) is 0 Å². The van der Waals surface area contributed by atoms with Gasteiger partial charge in [0.1, 0.15) is 24.7 Å². The van der Waals surface area contributed by atoms with Gasteiger partial charge in [0.25, 0.3) is 0 Å². The highest BCUT2D eigenvalue weighted by Crippen LogP contribution is 2.39. The molecule has 1 aromatic carbocycles. The van der Waals surface area contributed by atoms with Crippen molar-refractivity contribution in [3.8, 4) is 5.75 Å². The second-order valence-electron chi connectivity index (χ2n) is 9.22. The van der Waals surface area contributed by atoms with Crippen LogP contribution in [0.2, 0.25) is 0 Å². The molecule has 0 saturated heterocycles. The standard InChI is InChI=1S/C22H34N2O.ClH/c1-8-9-10-23-11-12-24(16-23)15-17-13-18(21(2,3)4)20(25)19(14-17)22(5,6)7;/h11-14,16H,8-10,15H2,1-7H3;1H. The predicted octanol–water partition coefficient (Wildman–Crippen LogP) is 1.93. The summed E-state index contributed by atoms with van der Waals surface area (Å²) in [5.41, 5.74) is 3.13. The molecule has 0 aliphatic carbocycles. The molecule has 2 aromatic rings. The van der Waals surface area contributed by atoms with Crippen LogP contribution in [0.15, 0.2) is 30.9 Å². The smallest absolute Gasteiger partial charge is 0.244 e. The summed E-state index contributed by atoms with van der Waals surface area (Å²) in [6.07, 6.45) is 8.87. The third-order valence-corrected chi connectivity index (χ3v) is 4.67. The van der Waals surface area contributed by atoms with E-state index in [1.807, 2.05) is 0 Å². The lowest BCUT2D eigenvalue weighted by Gasteiger charge is -2.28. The topological polar surface area (TPSA) is 29.0 Å². The molecule has 0 fully saturated rings. The second kappa shape index (κ2) is 8.47. The third kappa shape index (κ3) is 5.51. The van der Waals surface area contributed by atoms with Gasteiger partial charge in [-0.1, -0.05) is 54.9 Å². The summed E-state index contributed by atoms with van der Waals surface area (Å²) < 4.78 is 4.47. The highest BCUT2D eigenvalue weighted by molar-refractivity contribution is 5.49. The van der Waals surface area contributed by atoms with Crippen molar-refractivity contribution in [3.63, 3.8) is 0 Å². The first-order valence-corrected chi connectivity index (χ1v) is 9.44. The summed E-state index contributed by atoms with van der Waals surface area (Å²) in [4.78, 5) is 0. The van der Waals surface area contributed by atoms with Crippen LogP contribution in [0.1, 0.15) is 78.0 Å². The number of nitrogens with zero attached hydrogens (tertiary/aromatic N) is 2. The van der Waals surface area contributed by atoms with Crippen molar-refractivity contribution in [2.75, 3.05) is 0 Å². The Bertz CT molecular complexity index is 685. The molecule has 1 aromatic heterocycles. The van der Waals surface area contributed by atoms with Crippen molar-refractivity contribution < 1.29 is 22.1 Å². The molecule has 3 nitrogen and oxygen atoms in total. The maximum atomic E-state index is 10.8. The van der Waals surface area contributed by atoms with Crippen LogP contribution in [-0.4, -0.2) is 9.67 Å². The van der Waals surface area contributed by atoms with Gasteiger partial charge in [0.05, 0.1) is 6.54 Å². The Balaban J connectivity index is 0.00000338. The first-order valence-electron chi connectivity index (χ1n) is 9.44. The predicted molar refractivity (Wildman–Crippen MR) is 104 cm³/mol. The van der Waals surface area contributed by atoms with Crippen molar-refractivity contribution in [3.05, 3.63) is 47.5 Å². The molecule has 0 saturated carbocycles. The average molecular weight is 379 g/mol. The van der Waals surface area contributed by atoms with Gasteiger partial charge in [-0.25, -0.2) is 9.13 Å². The lowest BCUT2D eigenvalue weighted by molar-refractivity contribution is -0.687. The van der Waals surface area contributed by atoms with Crippen molar-refractivity contribution in [1.29, 1.82) is 0 Å². The van der Waals surface area contributed by atoms with Crippen molar-refractivity contribution >= 4 is 0 Å². The first kappa shape index (κ1) is 22.6. The molecule has 1 heterocycles. The van der Waals surface area contributed by atoms with Crippen molar-refractivity contribution in [2.45, 2.75) is 85.2 Å². The Kier molecular flexibility index (Phi) is 7.35. The van der Waals surface area contributed by atoms with E-state index in [0.717, 1.165) is 24.2 Å². The number of aromatic hydroxyl groups is 1. The Morgan fingerprint density at radius 2 is 1.54 bits per heavy atom. The molecule has 0 spiro atoms. The Morgan fingerprint density at radius 3 is 2.00 bits per heavy atom. The minimum atomic E-state index is -0.0855. The first-order chi connectivity index (χ1) is 11.5. The number of aromatic nitrogens is 2. The Labute approximate surface area is 165 Å². The zero-order chi connectivity index (χ0) is 18.8. The largest absolute Gasteiger partial charge is 1.00 e.